The van der Waals surface area contributed by atoms with E-state index in [2.05, 4.69) is 0 Å². The first-order chi connectivity index (χ1) is 7.58. The Morgan fingerprint density at radius 1 is 1.69 bits per heavy atom. The van der Waals surface area contributed by atoms with Crippen molar-refractivity contribution in [1.29, 1.82) is 0 Å². The summed E-state index contributed by atoms with van der Waals surface area (Å²) in [7, 11) is 1.72. The molecule has 1 saturated heterocycles. The van der Waals surface area contributed by atoms with E-state index < -0.39 is 12.1 Å². The quantitative estimate of drug-likeness (QED) is 0.859. The van der Waals surface area contributed by atoms with Gasteiger partial charge >= 0.3 is 5.97 Å². The zero-order chi connectivity index (χ0) is 11.7. The number of aromatic carboxylic acids is 1. The normalized spacial score (nSPS) is 20.2. The van der Waals surface area contributed by atoms with E-state index in [-0.39, 0.29) is 10.8 Å². The lowest BCUT2D eigenvalue weighted by molar-refractivity contribution is -0.132. The summed E-state index contributed by atoms with van der Waals surface area (Å²) in [5, 5.41) is 10.3. The highest BCUT2D eigenvalue weighted by Gasteiger charge is 2.31. The number of hydrogen-bond acceptors (Lipinski definition) is 4. The number of rotatable bonds is 3. The lowest BCUT2D eigenvalue weighted by Gasteiger charge is -2.11. The fraction of sp³-hybridized carbons (Fsp3) is 0.400. The third-order valence-electron chi connectivity index (χ3n) is 2.44. The molecule has 2 heterocycles. The van der Waals surface area contributed by atoms with Crippen molar-refractivity contribution in [2.24, 2.45) is 0 Å². The summed E-state index contributed by atoms with van der Waals surface area (Å²) in [6.07, 6.45) is 0.175. The van der Waals surface area contributed by atoms with E-state index in [9.17, 15) is 9.59 Å². The summed E-state index contributed by atoms with van der Waals surface area (Å²) < 4.78 is 5.44. The minimum absolute atomic E-state index is 0.0527. The first-order valence-electron chi connectivity index (χ1n) is 4.81. The summed E-state index contributed by atoms with van der Waals surface area (Å²) in [5.41, 5.74) is 0. The summed E-state index contributed by atoms with van der Waals surface area (Å²) >= 11 is 1.09. The van der Waals surface area contributed by atoms with E-state index in [0.29, 0.717) is 18.7 Å². The van der Waals surface area contributed by atoms with Crippen molar-refractivity contribution in [2.75, 3.05) is 13.6 Å². The molecule has 1 unspecified atom stereocenters. The molecule has 0 aromatic carbocycles. The lowest BCUT2D eigenvalue weighted by Crippen LogP contribution is -2.29. The van der Waals surface area contributed by atoms with Crippen molar-refractivity contribution in [3.63, 3.8) is 0 Å². The minimum atomic E-state index is -0.977. The molecule has 0 radical (unpaired) electrons. The molecule has 1 aromatic heterocycles. The molecule has 1 aliphatic heterocycles. The van der Waals surface area contributed by atoms with Gasteiger partial charge in [-0.2, -0.15) is 0 Å². The van der Waals surface area contributed by atoms with Crippen molar-refractivity contribution in [3.8, 4) is 5.75 Å². The first-order valence-corrected chi connectivity index (χ1v) is 5.69. The molecule has 1 aromatic rings. The van der Waals surface area contributed by atoms with Crippen LogP contribution in [0.4, 0.5) is 0 Å². The molecule has 1 atom stereocenters. The van der Waals surface area contributed by atoms with Crippen molar-refractivity contribution in [2.45, 2.75) is 12.5 Å². The molecule has 16 heavy (non-hydrogen) atoms. The molecular formula is C10H11NO4S. The van der Waals surface area contributed by atoms with Crippen LogP contribution >= 0.6 is 11.3 Å². The van der Waals surface area contributed by atoms with Gasteiger partial charge in [0.1, 0.15) is 10.6 Å². The Balaban J connectivity index is 2.04. The second kappa shape index (κ2) is 4.13. The molecule has 0 aliphatic carbocycles. The van der Waals surface area contributed by atoms with E-state index in [0.717, 1.165) is 11.3 Å². The highest BCUT2D eigenvalue weighted by atomic mass is 32.1. The molecule has 1 fully saturated rings. The van der Waals surface area contributed by atoms with Crippen LogP contribution in [0.1, 0.15) is 16.1 Å². The van der Waals surface area contributed by atoms with Gasteiger partial charge in [-0.05, 0) is 0 Å². The number of likely N-dealkylation sites (tertiary alicyclic amines) is 1. The molecule has 2 rings (SSSR count). The Bertz CT molecular complexity index is 428. The molecular weight excluding hydrogens is 230 g/mol. The van der Waals surface area contributed by atoms with Crippen LogP contribution in [0.5, 0.6) is 5.75 Å². The van der Waals surface area contributed by atoms with Gasteiger partial charge < -0.3 is 14.7 Å². The van der Waals surface area contributed by atoms with E-state index in [1.807, 2.05) is 0 Å². The molecule has 6 heteroatoms. The van der Waals surface area contributed by atoms with Crippen LogP contribution in [0, 0.1) is 0 Å². The highest BCUT2D eigenvalue weighted by molar-refractivity contribution is 7.12. The molecule has 5 nitrogen and oxygen atoms in total. The Labute approximate surface area is 96.2 Å². The predicted octanol–water partition coefficient (Wildman–Crippen LogP) is 1.06. The molecule has 86 valence electrons. The van der Waals surface area contributed by atoms with Gasteiger partial charge in [0, 0.05) is 31.5 Å². The predicted molar refractivity (Wildman–Crippen MR) is 57.9 cm³/mol. The fourth-order valence-corrected chi connectivity index (χ4v) is 2.21. The van der Waals surface area contributed by atoms with Crippen molar-refractivity contribution in [3.05, 3.63) is 16.3 Å². The Morgan fingerprint density at radius 2 is 2.44 bits per heavy atom. The van der Waals surface area contributed by atoms with E-state index in [1.54, 1.807) is 17.3 Å². The van der Waals surface area contributed by atoms with Gasteiger partial charge in [-0.15, -0.1) is 11.3 Å². The Morgan fingerprint density at radius 3 is 2.94 bits per heavy atom. The van der Waals surface area contributed by atoms with Gasteiger partial charge in [0.05, 0.1) is 0 Å². The standard InChI is InChI=1S/C10H11NO4S/c1-11-3-2-7(9(11)12)15-6-4-8(10(13)14)16-5-6/h4-5,7H,2-3H2,1H3,(H,13,14). The molecule has 1 N–H and O–H groups in total. The number of thiophene rings is 1. The molecule has 0 bridgehead atoms. The van der Waals surface area contributed by atoms with Gasteiger partial charge in [-0.1, -0.05) is 0 Å². The van der Waals surface area contributed by atoms with Crippen molar-refractivity contribution < 1.29 is 19.4 Å². The second-order valence-electron chi connectivity index (χ2n) is 3.61. The fourth-order valence-electron chi connectivity index (χ4n) is 1.56. The lowest BCUT2D eigenvalue weighted by atomic mass is 10.3. The van der Waals surface area contributed by atoms with Gasteiger partial charge in [-0.3, -0.25) is 4.79 Å². The van der Waals surface area contributed by atoms with E-state index in [4.69, 9.17) is 9.84 Å². The summed E-state index contributed by atoms with van der Waals surface area (Å²) in [5.74, 6) is -0.575. The number of likely N-dealkylation sites (N-methyl/N-ethyl adjacent to an activating group) is 1. The number of hydrogen-bond donors (Lipinski definition) is 1. The number of carboxylic acid groups (broad SMARTS) is 1. The maximum atomic E-state index is 11.5. The van der Waals surface area contributed by atoms with Crippen molar-refractivity contribution in [1.82, 2.24) is 4.90 Å². The summed E-state index contributed by atoms with van der Waals surface area (Å²) in [6.45, 7) is 0.680. The topological polar surface area (TPSA) is 66.8 Å². The second-order valence-corrected chi connectivity index (χ2v) is 4.52. The number of ether oxygens (including phenoxy) is 1. The summed E-state index contributed by atoms with van der Waals surface area (Å²) in [4.78, 5) is 24.0. The largest absolute Gasteiger partial charge is 0.480 e. The minimum Gasteiger partial charge on any atom is -0.480 e. The maximum Gasteiger partial charge on any atom is 0.346 e. The first kappa shape index (κ1) is 10.9. The number of amides is 1. The average molecular weight is 241 g/mol. The van der Waals surface area contributed by atoms with Crippen LogP contribution in [0.3, 0.4) is 0 Å². The number of carbonyl (C=O) groups excluding carboxylic acids is 1. The van der Waals surface area contributed by atoms with Crippen LogP contribution in [0.2, 0.25) is 0 Å². The van der Waals surface area contributed by atoms with Gasteiger partial charge in [0.25, 0.3) is 5.91 Å². The molecule has 1 aliphatic rings. The number of nitrogens with zero attached hydrogens (tertiary/aromatic N) is 1. The molecule has 0 spiro atoms. The number of carbonyl (C=O) groups is 2. The smallest absolute Gasteiger partial charge is 0.346 e. The third kappa shape index (κ3) is 2.01. The zero-order valence-electron chi connectivity index (χ0n) is 8.67. The van der Waals surface area contributed by atoms with Crippen LogP contribution in [-0.2, 0) is 4.79 Å². The highest BCUT2D eigenvalue weighted by Crippen LogP contribution is 2.24. The summed E-state index contributed by atoms with van der Waals surface area (Å²) in [6, 6.07) is 1.44. The van der Waals surface area contributed by atoms with Crippen molar-refractivity contribution >= 4 is 23.2 Å². The SMILES string of the molecule is CN1CCC(Oc2csc(C(=O)O)c2)C1=O. The van der Waals surface area contributed by atoms with Crippen LogP contribution in [0.25, 0.3) is 0 Å². The van der Waals surface area contributed by atoms with E-state index >= 15 is 0 Å². The molecule has 1 amide bonds. The van der Waals surface area contributed by atoms with Crippen LogP contribution < -0.4 is 4.74 Å². The van der Waals surface area contributed by atoms with Gasteiger partial charge in [0.15, 0.2) is 6.10 Å². The monoisotopic (exact) mass is 241 g/mol. The third-order valence-corrected chi connectivity index (χ3v) is 3.34. The van der Waals surface area contributed by atoms with Gasteiger partial charge in [0.2, 0.25) is 0 Å². The Kier molecular flexibility index (Phi) is 2.82. The Hall–Kier alpha value is -1.56. The zero-order valence-corrected chi connectivity index (χ0v) is 9.49. The van der Waals surface area contributed by atoms with E-state index in [1.165, 1.54) is 6.07 Å². The number of carboxylic acids is 1. The molecule has 0 saturated carbocycles. The average Bonchev–Trinajstić information content (AvgIpc) is 2.81. The van der Waals surface area contributed by atoms with Crippen LogP contribution in [0.15, 0.2) is 11.4 Å². The maximum absolute atomic E-state index is 11.5. The van der Waals surface area contributed by atoms with Crippen LogP contribution in [-0.4, -0.2) is 41.6 Å². The van der Waals surface area contributed by atoms with Gasteiger partial charge in [-0.25, -0.2) is 4.79 Å².